The summed E-state index contributed by atoms with van der Waals surface area (Å²) >= 11 is 7.30. The second kappa shape index (κ2) is 13.5. The van der Waals surface area contributed by atoms with Crippen molar-refractivity contribution in [1.82, 2.24) is 0 Å². The maximum Gasteiger partial charge on any atom is 0.341 e. The van der Waals surface area contributed by atoms with E-state index in [1.807, 2.05) is 17.5 Å². The number of hydrogen-bond donors (Lipinski definition) is 1. The fraction of sp³-hybridized carbons (Fsp3) is 0.500. The number of esters is 1. The number of unbranched alkanes of at least 4 members (excludes halogenated alkanes) is 8. The maximum atomic E-state index is 12.4. The van der Waals surface area contributed by atoms with Crippen LogP contribution in [0.3, 0.4) is 0 Å². The van der Waals surface area contributed by atoms with Crippen LogP contribution >= 0.6 is 22.9 Å². The Labute approximate surface area is 189 Å². The number of hydrogen-bond acceptors (Lipinski definition) is 4. The van der Waals surface area contributed by atoms with E-state index < -0.39 is 5.97 Å². The highest BCUT2D eigenvalue weighted by molar-refractivity contribution is 7.15. The van der Waals surface area contributed by atoms with E-state index in [1.54, 1.807) is 12.1 Å². The number of thiophene rings is 1. The van der Waals surface area contributed by atoms with Crippen LogP contribution in [0.4, 0.5) is 5.00 Å². The molecule has 0 radical (unpaired) electrons. The molecule has 4 nitrogen and oxygen atoms in total. The molecule has 30 heavy (non-hydrogen) atoms. The third kappa shape index (κ3) is 7.77. The van der Waals surface area contributed by atoms with Crippen molar-refractivity contribution >= 4 is 39.8 Å². The Morgan fingerprint density at radius 1 is 0.967 bits per heavy atom. The summed E-state index contributed by atoms with van der Waals surface area (Å²) in [4.78, 5) is 24.8. The van der Waals surface area contributed by atoms with Gasteiger partial charge in [0.15, 0.2) is 0 Å². The highest BCUT2D eigenvalue weighted by Crippen LogP contribution is 2.36. The molecule has 0 spiro atoms. The largest absolute Gasteiger partial charge is 0.465 e. The smallest absolute Gasteiger partial charge is 0.341 e. The molecular formula is C24H32ClNO3S. The van der Waals surface area contributed by atoms with Gasteiger partial charge in [0.1, 0.15) is 10.6 Å². The van der Waals surface area contributed by atoms with E-state index in [2.05, 4.69) is 12.2 Å². The van der Waals surface area contributed by atoms with Crippen molar-refractivity contribution in [2.75, 3.05) is 12.4 Å². The Bertz CT molecular complexity index is 801. The van der Waals surface area contributed by atoms with E-state index in [4.69, 9.17) is 16.3 Å². The van der Waals surface area contributed by atoms with Gasteiger partial charge in [-0.25, -0.2) is 4.79 Å². The molecule has 164 valence electrons. The molecule has 2 aromatic rings. The maximum absolute atomic E-state index is 12.4. The molecule has 0 saturated heterocycles. The minimum atomic E-state index is -0.459. The second-order valence-corrected chi connectivity index (χ2v) is 8.79. The normalized spacial score (nSPS) is 10.8. The molecule has 1 amide bonds. The van der Waals surface area contributed by atoms with Crippen molar-refractivity contribution in [1.29, 1.82) is 0 Å². The van der Waals surface area contributed by atoms with Crippen LogP contribution in [-0.2, 0) is 9.53 Å². The van der Waals surface area contributed by atoms with Gasteiger partial charge in [0.05, 0.1) is 7.11 Å². The summed E-state index contributed by atoms with van der Waals surface area (Å²) in [6, 6.07) is 7.25. The highest BCUT2D eigenvalue weighted by atomic mass is 35.5. The minimum absolute atomic E-state index is 0.0624. The molecule has 0 unspecified atom stereocenters. The fourth-order valence-electron chi connectivity index (χ4n) is 3.38. The van der Waals surface area contributed by atoms with E-state index in [0.717, 1.165) is 24.0 Å². The first-order valence-corrected chi connectivity index (χ1v) is 12.1. The van der Waals surface area contributed by atoms with Gasteiger partial charge in [-0.15, -0.1) is 11.3 Å². The van der Waals surface area contributed by atoms with Gasteiger partial charge in [-0.1, -0.05) is 82.0 Å². The molecule has 2 rings (SSSR count). The van der Waals surface area contributed by atoms with Crippen LogP contribution in [0.25, 0.3) is 11.1 Å². The number of carbonyl (C=O) groups excluding carboxylic acids is 2. The Kier molecular flexibility index (Phi) is 11.0. The Balaban J connectivity index is 1.86. The number of ether oxygens (including phenoxy) is 1. The van der Waals surface area contributed by atoms with Gasteiger partial charge in [-0.2, -0.15) is 0 Å². The lowest BCUT2D eigenvalue weighted by atomic mass is 10.0. The van der Waals surface area contributed by atoms with E-state index >= 15 is 0 Å². The molecule has 1 heterocycles. The average molecular weight is 450 g/mol. The van der Waals surface area contributed by atoms with Crippen LogP contribution in [0, 0.1) is 0 Å². The van der Waals surface area contributed by atoms with Gasteiger partial charge in [-0.05, 0) is 24.1 Å². The first-order chi connectivity index (χ1) is 14.6. The first-order valence-electron chi connectivity index (χ1n) is 10.8. The third-order valence-corrected chi connectivity index (χ3v) is 6.24. The zero-order valence-corrected chi connectivity index (χ0v) is 19.5. The molecule has 1 aromatic carbocycles. The molecule has 0 saturated carbocycles. The molecule has 1 N–H and O–H groups in total. The van der Waals surface area contributed by atoms with Crippen molar-refractivity contribution in [3.05, 3.63) is 40.2 Å². The van der Waals surface area contributed by atoms with Gasteiger partial charge >= 0.3 is 5.97 Å². The van der Waals surface area contributed by atoms with E-state index in [-0.39, 0.29) is 5.91 Å². The zero-order valence-electron chi connectivity index (χ0n) is 18.0. The number of halogens is 1. The SMILES string of the molecule is CCCCCCCCCCCC(=O)Nc1scc(-c2ccc(Cl)cc2)c1C(=O)OC. The van der Waals surface area contributed by atoms with Crippen LogP contribution in [0.1, 0.15) is 81.5 Å². The fourth-order valence-corrected chi connectivity index (χ4v) is 4.48. The molecule has 1 aromatic heterocycles. The van der Waals surface area contributed by atoms with Crippen LogP contribution in [0.5, 0.6) is 0 Å². The summed E-state index contributed by atoms with van der Waals surface area (Å²) in [5.74, 6) is -0.521. The Morgan fingerprint density at radius 2 is 1.57 bits per heavy atom. The minimum Gasteiger partial charge on any atom is -0.465 e. The van der Waals surface area contributed by atoms with Crippen molar-refractivity contribution in [3.63, 3.8) is 0 Å². The molecule has 0 atom stereocenters. The lowest BCUT2D eigenvalue weighted by Crippen LogP contribution is -2.13. The van der Waals surface area contributed by atoms with Crippen molar-refractivity contribution in [3.8, 4) is 11.1 Å². The van der Waals surface area contributed by atoms with Crippen LogP contribution in [0.15, 0.2) is 29.6 Å². The summed E-state index contributed by atoms with van der Waals surface area (Å²) in [7, 11) is 1.35. The molecule has 0 aliphatic carbocycles. The number of amides is 1. The lowest BCUT2D eigenvalue weighted by molar-refractivity contribution is -0.116. The van der Waals surface area contributed by atoms with Gasteiger partial charge in [-0.3, -0.25) is 4.79 Å². The zero-order chi connectivity index (χ0) is 21.8. The predicted octanol–water partition coefficient (Wildman–Crippen LogP) is 7.71. The highest BCUT2D eigenvalue weighted by Gasteiger charge is 2.22. The molecule has 0 fully saturated rings. The van der Waals surface area contributed by atoms with Gasteiger partial charge in [0, 0.05) is 22.4 Å². The van der Waals surface area contributed by atoms with Crippen LogP contribution in [-0.4, -0.2) is 19.0 Å². The summed E-state index contributed by atoms with van der Waals surface area (Å²) in [6.45, 7) is 2.23. The molecule has 0 aliphatic rings. The van der Waals surface area contributed by atoms with Gasteiger partial charge in [0.2, 0.25) is 5.91 Å². The van der Waals surface area contributed by atoms with Crippen molar-refractivity contribution < 1.29 is 14.3 Å². The van der Waals surface area contributed by atoms with Crippen molar-refractivity contribution in [2.24, 2.45) is 0 Å². The molecule has 0 aliphatic heterocycles. The number of carbonyl (C=O) groups is 2. The summed E-state index contributed by atoms with van der Waals surface area (Å²) < 4.78 is 4.95. The van der Waals surface area contributed by atoms with E-state index in [1.165, 1.54) is 63.4 Å². The number of benzene rings is 1. The van der Waals surface area contributed by atoms with E-state index in [9.17, 15) is 9.59 Å². The van der Waals surface area contributed by atoms with E-state index in [0.29, 0.717) is 22.0 Å². The monoisotopic (exact) mass is 449 g/mol. The van der Waals surface area contributed by atoms with Gasteiger partial charge < -0.3 is 10.1 Å². The summed E-state index contributed by atoms with van der Waals surface area (Å²) in [5.41, 5.74) is 1.99. The average Bonchev–Trinajstić information content (AvgIpc) is 3.15. The second-order valence-electron chi connectivity index (χ2n) is 7.48. The summed E-state index contributed by atoms with van der Waals surface area (Å²) in [6.07, 6.45) is 11.4. The topological polar surface area (TPSA) is 55.4 Å². The molecular weight excluding hydrogens is 418 g/mol. The predicted molar refractivity (Wildman–Crippen MR) is 127 cm³/mol. The number of rotatable bonds is 13. The number of methoxy groups -OCH3 is 1. The molecule has 6 heteroatoms. The Hall–Kier alpha value is -1.85. The first kappa shape index (κ1) is 24.4. The van der Waals surface area contributed by atoms with Gasteiger partial charge in [0.25, 0.3) is 0 Å². The number of anilines is 1. The summed E-state index contributed by atoms with van der Waals surface area (Å²) in [5, 5.41) is 5.93. The van der Waals surface area contributed by atoms with Crippen molar-refractivity contribution in [2.45, 2.75) is 71.1 Å². The quantitative estimate of drug-likeness (QED) is 0.251. The van der Waals surface area contributed by atoms with Crippen LogP contribution < -0.4 is 5.32 Å². The standard InChI is InChI=1S/C24H32ClNO3S/c1-3-4-5-6-7-8-9-10-11-12-21(27)26-23-22(24(28)29-2)20(17-30-23)18-13-15-19(25)16-14-18/h13-17H,3-12H2,1-2H3,(H,26,27). The Morgan fingerprint density at radius 3 is 2.17 bits per heavy atom. The lowest BCUT2D eigenvalue weighted by Gasteiger charge is -2.08. The third-order valence-electron chi connectivity index (χ3n) is 5.10. The number of nitrogens with one attached hydrogen (secondary N) is 1. The molecule has 0 bridgehead atoms. The van der Waals surface area contributed by atoms with Crippen LogP contribution in [0.2, 0.25) is 5.02 Å².